The van der Waals surface area contributed by atoms with Gasteiger partial charge < -0.3 is 14.2 Å². The standard InChI is InChI=1S/C27H21ClN4O7/c1-12-8-16-14(9-15-24(30-16)32(26(36)31-25(15)35)11-13-4-6-29-7-5-13)22(33)27(12)23(34)19-17(37-2)10-18(38-3)20(28)21(19)39-27/h4-7,9-10,12H,8,11H2,1-3H3,(H,31,35,36). The molecule has 6 rings (SSSR count). The number of nitrogens with zero attached hydrogens (tertiary/aromatic N) is 3. The van der Waals surface area contributed by atoms with Crippen LogP contribution >= 0.6 is 11.6 Å². The molecule has 0 fully saturated rings. The lowest BCUT2D eigenvalue weighted by Crippen LogP contribution is -2.57. The van der Waals surface area contributed by atoms with Crippen LogP contribution in [0.4, 0.5) is 0 Å². The largest absolute Gasteiger partial charge is 0.496 e. The van der Waals surface area contributed by atoms with Gasteiger partial charge in [-0.25, -0.2) is 9.78 Å². The number of methoxy groups -OCH3 is 2. The summed E-state index contributed by atoms with van der Waals surface area (Å²) < 4.78 is 18.2. The minimum Gasteiger partial charge on any atom is -0.496 e. The molecule has 1 aromatic carbocycles. The number of rotatable bonds is 4. The van der Waals surface area contributed by atoms with Crippen molar-refractivity contribution in [1.29, 1.82) is 0 Å². The van der Waals surface area contributed by atoms with Gasteiger partial charge in [0.25, 0.3) is 5.56 Å². The van der Waals surface area contributed by atoms with Crippen molar-refractivity contribution < 1.29 is 23.8 Å². The number of halogens is 1. The Hall–Kier alpha value is -4.51. The number of benzene rings is 1. The predicted molar refractivity (Wildman–Crippen MR) is 139 cm³/mol. The molecular weight excluding hydrogens is 528 g/mol. The van der Waals surface area contributed by atoms with Gasteiger partial charge in [0.2, 0.25) is 17.2 Å². The fourth-order valence-electron chi connectivity index (χ4n) is 5.34. The van der Waals surface area contributed by atoms with Gasteiger partial charge in [-0.2, -0.15) is 0 Å². The molecule has 11 nitrogen and oxygen atoms in total. The number of H-pyrrole nitrogens is 1. The van der Waals surface area contributed by atoms with E-state index in [0.29, 0.717) is 5.69 Å². The molecule has 2 aliphatic rings. The highest BCUT2D eigenvalue weighted by Crippen LogP contribution is 2.53. The maximum absolute atomic E-state index is 14.1. The van der Waals surface area contributed by atoms with E-state index in [2.05, 4.69) is 15.0 Å². The Kier molecular flexibility index (Phi) is 5.58. The number of hydrogen-bond donors (Lipinski definition) is 1. The van der Waals surface area contributed by atoms with Crippen molar-refractivity contribution in [3.8, 4) is 17.2 Å². The summed E-state index contributed by atoms with van der Waals surface area (Å²) in [5.74, 6) is -1.54. The van der Waals surface area contributed by atoms with E-state index < -0.39 is 34.3 Å². The van der Waals surface area contributed by atoms with E-state index in [1.165, 1.54) is 30.9 Å². The van der Waals surface area contributed by atoms with Gasteiger partial charge in [-0.3, -0.25) is 28.9 Å². The van der Waals surface area contributed by atoms with Crippen LogP contribution < -0.4 is 25.5 Å². The third kappa shape index (κ3) is 3.42. The predicted octanol–water partition coefficient (Wildman–Crippen LogP) is 2.59. The lowest BCUT2D eigenvalue weighted by Gasteiger charge is -2.36. The van der Waals surface area contributed by atoms with Crippen LogP contribution in [0, 0.1) is 5.92 Å². The first-order valence-corrected chi connectivity index (χ1v) is 12.4. The van der Waals surface area contributed by atoms with Gasteiger partial charge in [-0.05, 0) is 30.2 Å². The first kappa shape index (κ1) is 24.8. The third-order valence-electron chi connectivity index (χ3n) is 7.33. The minimum absolute atomic E-state index is 0.000647. The molecule has 39 heavy (non-hydrogen) atoms. The molecule has 198 valence electrons. The monoisotopic (exact) mass is 548 g/mol. The number of nitrogens with one attached hydrogen (secondary N) is 1. The van der Waals surface area contributed by atoms with Crippen LogP contribution in [0.25, 0.3) is 11.0 Å². The SMILES string of the molecule is COc1cc(OC)c2c(c1Cl)OC1(C(=O)c3cc4c(=O)[nH]c(=O)n(Cc5ccncc5)c4nc3CC1C)C2=O. The summed E-state index contributed by atoms with van der Waals surface area (Å²) in [5, 5.41) is 0.0678. The quantitative estimate of drug-likeness (QED) is 0.381. The molecule has 0 bridgehead atoms. The van der Waals surface area contributed by atoms with Gasteiger partial charge in [0.15, 0.2) is 5.75 Å². The van der Waals surface area contributed by atoms with Crippen LogP contribution in [-0.2, 0) is 13.0 Å². The number of pyridine rings is 2. The van der Waals surface area contributed by atoms with E-state index in [1.807, 2.05) is 0 Å². The summed E-state index contributed by atoms with van der Waals surface area (Å²) in [6, 6.07) is 6.32. The van der Waals surface area contributed by atoms with Gasteiger partial charge in [-0.1, -0.05) is 18.5 Å². The maximum Gasteiger partial charge on any atom is 0.330 e. The summed E-state index contributed by atoms with van der Waals surface area (Å²) in [6.45, 7) is 1.83. The molecule has 2 unspecified atom stereocenters. The molecule has 1 aliphatic heterocycles. The smallest absolute Gasteiger partial charge is 0.330 e. The number of Topliss-reactive ketones (excluding diaryl/α,β-unsaturated/α-hetero) is 2. The number of ether oxygens (including phenoxy) is 3. The van der Waals surface area contributed by atoms with Crippen molar-refractivity contribution in [3.63, 3.8) is 0 Å². The Labute approximate surface area is 225 Å². The summed E-state index contributed by atoms with van der Waals surface area (Å²) in [6.07, 6.45) is 3.34. The van der Waals surface area contributed by atoms with Crippen molar-refractivity contribution >= 4 is 34.2 Å². The van der Waals surface area contributed by atoms with Gasteiger partial charge in [0, 0.05) is 29.9 Å². The van der Waals surface area contributed by atoms with Gasteiger partial charge >= 0.3 is 5.69 Å². The van der Waals surface area contributed by atoms with Gasteiger partial charge in [-0.15, -0.1) is 0 Å². The molecule has 1 N–H and O–H groups in total. The molecule has 0 radical (unpaired) electrons. The Morgan fingerprint density at radius 2 is 1.82 bits per heavy atom. The molecule has 1 spiro atoms. The van der Waals surface area contributed by atoms with E-state index in [-0.39, 0.29) is 57.4 Å². The van der Waals surface area contributed by atoms with Crippen LogP contribution in [0.3, 0.4) is 0 Å². The fraction of sp³-hybridized carbons (Fsp3) is 0.259. The Bertz CT molecular complexity index is 1830. The van der Waals surface area contributed by atoms with Crippen molar-refractivity contribution in [2.45, 2.75) is 25.5 Å². The van der Waals surface area contributed by atoms with Crippen molar-refractivity contribution in [2.24, 2.45) is 5.92 Å². The average Bonchev–Trinajstić information content (AvgIpc) is 3.25. The molecule has 3 aromatic heterocycles. The van der Waals surface area contributed by atoms with Crippen LogP contribution in [0.15, 0.2) is 46.2 Å². The van der Waals surface area contributed by atoms with Crippen LogP contribution in [0.2, 0.25) is 5.02 Å². The summed E-state index contributed by atoms with van der Waals surface area (Å²) in [4.78, 5) is 64.5. The lowest BCUT2D eigenvalue weighted by atomic mass is 9.71. The number of fused-ring (bicyclic) bond motifs is 3. The Morgan fingerprint density at radius 1 is 1.10 bits per heavy atom. The number of hydrogen-bond acceptors (Lipinski definition) is 9. The molecule has 0 saturated carbocycles. The normalized spacial score (nSPS) is 19.6. The molecular formula is C27H21ClN4O7. The highest BCUT2D eigenvalue weighted by molar-refractivity contribution is 6.36. The second kappa shape index (κ2) is 8.77. The molecule has 4 aromatic rings. The highest BCUT2D eigenvalue weighted by Gasteiger charge is 2.62. The van der Waals surface area contributed by atoms with E-state index in [0.717, 1.165) is 5.56 Å². The Morgan fingerprint density at radius 3 is 2.51 bits per heavy atom. The van der Waals surface area contributed by atoms with Crippen molar-refractivity contribution in [2.75, 3.05) is 14.2 Å². The minimum atomic E-state index is -1.94. The molecule has 12 heteroatoms. The summed E-state index contributed by atoms with van der Waals surface area (Å²) >= 11 is 6.48. The number of carbonyl (C=O) groups is 2. The van der Waals surface area contributed by atoms with Crippen LogP contribution in [0.5, 0.6) is 17.2 Å². The molecule has 4 heterocycles. The Balaban J connectivity index is 1.52. The highest BCUT2D eigenvalue weighted by atomic mass is 35.5. The molecule has 2 atom stereocenters. The third-order valence-corrected chi connectivity index (χ3v) is 7.69. The second-order valence-electron chi connectivity index (χ2n) is 9.46. The van der Waals surface area contributed by atoms with Crippen LogP contribution in [-0.4, -0.2) is 50.9 Å². The van der Waals surface area contributed by atoms with E-state index in [1.54, 1.807) is 31.5 Å². The van der Waals surface area contributed by atoms with Gasteiger partial charge in [0.1, 0.15) is 27.7 Å². The average molecular weight is 549 g/mol. The zero-order chi connectivity index (χ0) is 27.6. The number of ketones is 2. The topological polar surface area (TPSA) is 142 Å². The van der Waals surface area contributed by atoms with E-state index >= 15 is 0 Å². The van der Waals surface area contributed by atoms with Gasteiger partial charge in [0.05, 0.1) is 31.8 Å². The number of aromatic amines is 1. The number of aromatic nitrogens is 4. The zero-order valence-corrected chi connectivity index (χ0v) is 21.8. The fourth-order valence-corrected chi connectivity index (χ4v) is 5.61. The number of carbonyl (C=O) groups excluding carboxylic acids is 2. The van der Waals surface area contributed by atoms with E-state index in [9.17, 15) is 19.2 Å². The summed E-state index contributed by atoms with van der Waals surface area (Å²) in [5.41, 5.74) is -1.92. The first-order valence-electron chi connectivity index (χ1n) is 12.0. The second-order valence-corrected chi connectivity index (χ2v) is 9.83. The maximum atomic E-state index is 14.1. The molecule has 0 amide bonds. The van der Waals surface area contributed by atoms with Crippen molar-refractivity contribution in [3.05, 3.63) is 84.9 Å². The lowest BCUT2D eigenvalue weighted by molar-refractivity contribution is 0.0257. The van der Waals surface area contributed by atoms with Crippen LogP contribution in [0.1, 0.15) is 38.9 Å². The zero-order valence-electron chi connectivity index (χ0n) is 21.0. The molecule has 0 saturated heterocycles. The summed E-state index contributed by atoms with van der Waals surface area (Å²) in [7, 11) is 2.79. The first-order chi connectivity index (χ1) is 18.7. The van der Waals surface area contributed by atoms with E-state index in [4.69, 9.17) is 25.8 Å². The van der Waals surface area contributed by atoms with Crippen molar-refractivity contribution in [1.82, 2.24) is 19.5 Å². The molecule has 1 aliphatic carbocycles.